The van der Waals surface area contributed by atoms with Crippen molar-refractivity contribution in [3.8, 4) is 5.75 Å². The van der Waals surface area contributed by atoms with E-state index in [-0.39, 0.29) is 5.91 Å². The second kappa shape index (κ2) is 6.58. The number of methoxy groups -OCH3 is 1. The van der Waals surface area contributed by atoms with Gasteiger partial charge in [-0.1, -0.05) is 12.1 Å². The van der Waals surface area contributed by atoms with Crippen LogP contribution in [0, 0.1) is 6.92 Å². The van der Waals surface area contributed by atoms with Crippen molar-refractivity contribution >= 4 is 33.9 Å². The van der Waals surface area contributed by atoms with Gasteiger partial charge in [0.05, 0.1) is 7.11 Å². The molecule has 3 rings (SSSR count). The molecule has 1 aromatic heterocycles. The van der Waals surface area contributed by atoms with Crippen molar-refractivity contribution < 1.29 is 9.53 Å². The molecule has 1 heterocycles. The lowest BCUT2D eigenvalue weighted by Gasteiger charge is -2.13. The number of amides is 1. The molecule has 0 aliphatic carbocycles. The first-order valence-corrected chi connectivity index (χ1v) is 7.66. The third kappa shape index (κ3) is 3.30. The van der Waals surface area contributed by atoms with Crippen LogP contribution in [0.25, 0.3) is 10.9 Å². The fraction of sp³-hybridized carbons (Fsp3) is 0.158. The summed E-state index contributed by atoms with van der Waals surface area (Å²) in [4.78, 5) is 15.7. The van der Waals surface area contributed by atoms with Crippen LogP contribution in [0.4, 0.5) is 17.1 Å². The molecule has 5 nitrogen and oxygen atoms in total. The molecule has 2 aromatic carbocycles. The van der Waals surface area contributed by atoms with Crippen LogP contribution in [0.5, 0.6) is 5.75 Å². The Balaban J connectivity index is 1.96. The van der Waals surface area contributed by atoms with E-state index in [1.165, 1.54) is 6.92 Å². The summed E-state index contributed by atoms with van der Waals surface area (Å²) >= 11 is 0. The van der Waals surface area contributed by atoms with E-state index >= 15 is 0 Å². The highest BCUT2D eigenvalue weighted by Crippen LogP contribution is 2.31. The zero-order chi connectivity index (χ0) is 17.1. The number of hydrogen-bond donors (Lipinski definition) is 2. The molecular weight excluding hydrogens is 302 g/mol. The summed E-state index contributed by atoms with van der Waals surface area (Å²) in [7, 11) is 1.65. The number of aromatic nitrogens is 1. The van der Waals surface area contributed by atoms with Crippen LogP contribution in [0.2, 0.25) is 0 Å². The number of anilines is 3. The molecule has 0 saturated carbocycles. The first-order chi connectivity index (χ1) is 11.6. The van der Waals surface area contributed by atoms with Crippen LogP contribution in [-0.4, -0.2) is 18.0 Å². The monoisotopic (exact) mass is 321 g/mol. The average molecular weight is 321 g/mol. The topological polar surface area (TPSA) is 63.2 Å². The first-order valence-electron chi connectivity index (χ1n) is 7.66. The number of carbonyl (C=O) groups is 1. The number of pyridine rings is 1. The van der Waals surface area contributed by atoms with E-state index in [2.05, 4.69) is 15.6 Å². The Morgan fingerprint density at radius 3 is 2.46 bits per heavy atom. The number of hydrogen-bond acceptors (Lipinski definition) is 4. The molecule has 3 aromatic rings. The fourth-order valence-corrected chi connectivity index (χ4v) is 2.61. The van der Waals surface area contributed by atoms with Crippen LogP contribution >= 0.6 is 0 Å². The average Bonchev–Trinajstić information content (AvgIpc) is 2.55. The third-order valence-corrected chi connectivity index (χ3v) is 3.63. The zero-order valence-electron chi connectivity index (χ0n) is 13.9. The molecule has 5 heteroatoms. The van der Waals surface area contributed by atoms with Gasteiger partial charge in [0.25, 0.3) is 0 Å². The molecule has 0 fully saturated rings. The first kappa shape index (κ1) is 15.8. The van der Waals surface area contributed by atoms with Crippen molar-refractivity contribution in [1.82, 2.24) is 4.98 Å². The van der Waals surface area contributed by atoms with E-state index in [1.54, 1.807) is 7.11 Å². The van der Waals surface area contributed by atoms with Gasteiger partial charge in [-0.2, -0.15) is 0 Å². The maximum absolute atomic E-state index is 11.1. The molecule has 0 spiro atoms. The highest BCUT2D eigenvalue weighted by Gasteiger charge is 2.09. The van der Waals surface area contributed by atoms with E-state index in [1.807, 2.05) is 55.5 Å². The van der Waals surface area contributed by atoms with Crippen LogP contribution in [0.1, 0.15) is 12.6 Å². The highest BCUT2D eigenvalue weighted by atomic mass is 16.5. The fourth-order valence-electron chi connectivity index (χ4n) is 2.61. The summed E-state index contributed by atoms with van der Waals surface area (Å²) in [5, 5.41) is 7.16. The van der Waals surface area contributed by atoms with Crippen molar-refractivity contribution in [2.24, 2.45) is 0 Å². The summed E-state index contributed by atoms with van der Waals surface area (Å²) in [5.41, 5.74) is 4.40. The molecule has 122 valence electrons. The van der Waals surface area contributed by atoms with Gasteiger partial charge in [0, 0.05) is 35.1 Å². The quantitative estimate of drug-likeness (QED) is 0.754. The zero-order valence-corrected chi connectivity index (χ0v) is 13.9. The Morgan fingerprint density at radius 2 is 1.79 bits per heavy atom. The number of aryl methyl sites for hydroxylation is 1. The molecule has 24 heavy (non-hydrogen) atoms. The number of nitrogens with one attached hydrogen (secondary N) is 2. The number of ether oxygens (including phenoxy) is 1. The molecule has 0 atom stereocenters. The molecule has 0 bridgehead atoms. The Kier molecular flexibility index (Phi) is 4.33. The summed E-state index contributed by atoms with van der Waals surface area (Å²) in [5.74, 6) is 0.666. The Morgan fingerprint density at radius 1 is 1.08 bits per heavy atom. The molecule has 0 aliphatic heterocycles. The SMILES string of the molecule is COc1cccc2c(Nc3ccc(NC(C)=O)cc3)cc(C)nc12. The number of benzene rings is 2. The van der Waals surface area contributed by atoms with Crippen LogP contribution < -0.4 is 15.4 Å². The predicted octanol–water partition coefficient (Wildman–Crippen LogP) is 4.25. The number of para-hydroxylation sites is 1. The lowest BCUT2D eigenvalue weighted by molar-refractivity contribution is -0.114. The van der Waals surface area contributed by atoms with Gasteiger partial charge < -0.3 is 15.4 Å². The summed E-state index contributed by atoms with van der Waals surface area (Å²) in [6.07, 6.45) is 0. The second-order valence-electron chi connectivity index (χ2n) is 5.55. The predicted molar refractivity (Wildman–Crippen MR) is 97.1 cm³/mol. The number of nitrogens with zero attached hydrogens (tertiary/aromatic N) is 1. The van der Waals surface area contributed by atoms with Gasteiger partial charge in [0.15, 0.2) is 0 Å². The summed E-state index contributed by atoms with van der Waals surface area (Å²) in [6.45, 7) is 3.45. The van der Waals surface area contributed by atoms with E-state index in [0.717, 1.165) is 39.4 Å². The van der Waals surface area contributed by atoms with Crippen LogP contribution in [0.15, 0.2) is 48.5 Å². The minimum Gasteiger partial charge on any atom is -0.494 e. The Hall–Kier alpha value is -3.08. The minimum atomic E-state index is -0.0847. The highest BCUT2D eigenvalue weighted by molar-refractivity contribution is 5.96. The lowest BCUT2D eigenvalue weighted by Crippen LogP contribution is -2.05. The van der Waals surface area contributed by atoms with E-state index in [4.69, 9.17) is 4.74 Å². The van der Waals surface area contributed by atoms with Gasteiger partial charge in [0.2, 0.25) is 5.91 Å². The lowest BCUT2D eigenvalue weighted by atomic mass is 10.1. The molecule has 2 N–H and O–H groups in total. The Bertz CT molecular complexity index is 889. The van der Waals surface area contributed by atoms with Gasteiger partial charge in [0.1, 0.15) is 11.3 Å². The maximum atomic E-state index is 11.1. The van der Waals surface area contributed by atoms with Gasteiger partial charge in [-0.25, -0.2) is 4.98 Å². The van der Waals surface area contributed by atoms with E-state index in [9.17, 15) is 4.79 Å². The number of rotatable bonds is 4. The van der Waals surface area contributed by atoms with Crippen molar-refractivity contribution in [3.05, 3.63) is 54.2 Å². The molecule has 0 aliphatic rings. The number of carbonyl (C=O) groups excluding carboxylic acids is 1. The molecule has 0 radical (unpaired) electrons. The normalized spacial score (nSPS) is 10.5. The molecule has 0 saturated heterocycles. The third-order valence-electron chi connectivity index (χ3n) is 3.63. The van der Waals surface area contributed by atoms with Gasteiger partial charge in [-0.15, -0.1) is 0 Å². The van der Waals surface area contributed by atoms with E-state index in [0.29, 0.717) is 0 Å². The van der Waals surface area contributed by atoms with Gasteiger partial charge >= 0.3 is 0 Å². The van der Waals surface area contributed by atoms with Crippen molar-refractivity contribution in [3.63, 3.8) is 0 Å². The van der Waals surface area contributed by atoms with E-state index < -0.39 is 0 Å². The Labute approximate surface area is 140 Å². The largest absolute Gasteiger partial charge is 0.494 e. The minimum absolute atomic E-state index is 0.0847. The molecule has 1 amide bonds. The summed E-state index contributed by atoms with van der Waals surface area (Å²) in [6, 6.07) is 15.4. The summed E-state index contributed by atoms with van der Waals surface area (Å²) < 4.78 is 5.41. The van der Waals surface area contributed by atoms with Crippen LogP contribution in [0.3, 0.4) is 0 Å². The number of fused-ring (bicyclic) bond motifs is 1. The van der Waals surface area contributed by atoms with Gasteiger partial charge in [-0.05, 0) is 43.3 Å². The molecule has 0 unspecified atom stereocenters. The van der Waals surface area contributed by atoms with Crippen molar-refractivity contribution in [2.45, 2.75) is 13.8 Å². The van der Waals surface area contributed by atoms with Crippen LogP contribution in [-0.2, 0) is 4.79 Å². The van der Waals surface area contributed by atoms with Crippen molar-refractivity contribution in [1.29, 1.82) is 0 Å². The second-order valence-corrected chi connectivity index (χ2v) is 5.55. The molecular formula is C19H19N3O2. The van der Waals surface area contributed by atoms with Gasteiger partial charge in [-0.3, -0.25) is 4.79 Å². The van der Waals surface area contributed by atoms with Crippen molar-refractivity contribution in [2.75, 3.05) is 17.7 Å². The maximum Gasteiger partial charge on any atom is 0.221 e. The standard InChI is InChI=1S/C19H19N3O2/c1-12-11-17(16-5-4-6-18(24-3)19(16)20-12)22-15-9-7-14(8-10-15)21-13(2)23/h4-11H,1-3H3,(H,20,22)(H,21,23). The smallest absolute Gasteiger partial charge is 0.221 e.